The van der Waals surface area contributed by atoms with Crippen molar-refractivity contribution in [3.05, 3.63) is 0 Å². The van der Waals surface area contributed by atoms with Gasteiger partial charge < -0.3 is 4.90 Å². The van der Waals surface area contributed by atoms with E-state index in [-0.39, 0.29) is 5.54 Å². The first-order valence-corrected chi connectivity index (χ1v) is 8.52. The van der Waals surface area contributed by atoms with E-state index in [9.17, 15) is 5.26 Å². The first-order chi connectivity index (χ1) is 9.63. The molecule has 116 valence electrons. The van der Waals surface area contributed by atoms with Crippen LogP contribution in [0.4, 0.5) is 0 Å². The fourth-order valence-electron chi connectivity index (χ4n) is 3.15. The van der Waals surface area contributed by atoms with Crippen molar-refractivity contribution >= 4 is 0 Å². The van der Waals surface area contributed by atoms with E-state index in [2.05, 4.69) is 30.1 Å². The van der Waals surface area contributed by atoms with E-state index in [1.165, 1.54) is 38.8 Å². The number of nitrogens with zero attached hydrogens (tertiary/aromatic N) is 2. The fourth-order valence-corrected chi connectivity index (χ4v) is 3.15. The lowest BCUT2D eigenvalue weighted by Crippen LogP contribution is -2.42. The maximum absolute atomic E-state index is 9.32. The van der Waals surface area contributed by atoms with Crippen molar-refractivity contribution in [2.24, 2.45) is 5.92 Å². The Morgan fingerprint density at radius 1 is 1.25 bits per heavy atom. The first-order valence-electron chi connectivity index (χ1n) is 8.52. The van der Waals surface area contributed by atoms with Crippen LogP contribution in [-0.2, 0) is 0 Å². The second-order valence-corrected chi connectivity index (χ2v) is 6.55. The highest BCUT2D eigenvalue weighted by molar-refractivity contribution is 5.03. The van der Waals surface area contributed by atoms with Crippen molar-refractivity contribution < 1.29 is 0 Å². The molecule has 20 heavy (non-hydrogen) atoms. The van der Waals surface area contributed by atoms with Gasteiger partial charge in [0, 0.05) is 0 Å². The Hall–Kier alpha value is -0.590. The van der Waals surface area contributed by atoms with Gasteiger partial charge >= 0.3 is 0 Å². The standard InChI is InChI=1S/C17H33N3/c1-4-7-16-8-13-20(14-9-16)12-6-10-17(3,15-18)19-11-5-2/h16,19H,4-14H2,1-3H3. The third-order valence-electron chi connectivity index (χ3n) is 4.57. The summed E-state index contributed by atoms with van der Waals surface area (Å²) < 4.78 is 0. The van der Waals surface area contributed by atoms with Gasteiger partial charge in [-0.1, -0.05) is 26.7 Å². The minimum Gasteiger partial charge on any atom is -0.303 e. The molecule has 0 saturated carbocycles. The molecule has 1 atom stereocenters. The molecule has 1 unspecified atom stereocenters. The molecule has 1 N–H and O–H groups in total. The van der Waals surface area contributed by atoms with Gasteiger partial charge in [0.1, 0.15) is 5.54 Å². The topological polar surface area (TPSA) is 39.1 Å². The van der Waals surface area contributed by atoms with Crippen molar-refractivity contribution in [1.82, 2.24) is 10.2 Å². The van der Waals surface area contributed by atoms with E-state index in [4.69, 9.17) is 0 Å². The van der Waals surface area contributed by atoms with Crippen LogP contribution in [0.15, 0.2) is 0 Å². The molecule has 1 aliphatic heterocycles. The Morgan fingerprint density at radius 3 is 2.50 bits per heavy atom. The average Bonchev–Trinajstić information content (AvgIpc) is 2.47. The summed E-state index contributed by atoms with van der Waals surface area (Å²) in [4.78, 5) is 2.59. The summed E-state index contributed by atoms with van der Waals surface area (Å²) in [5.74, 6) is 0.965. The lowest BCUT2D eigenvalue weighted by Gasteiger charge is -2.32. The van der Waals surface area contributed by atoms with Gasteiger partial charge in [0.2, 0.25) is 0 Å². The number of piperidine rings is 1. The Bertz CT molecular complexity index is 289. The molecule has 3 heteroatoms. The van der Waals surface area contributed by atoms with Crippen molar-refractivity contribution in [2.75, 3.05) is 26.2 Å². The van der Waals surface area contributed by atoms with Gasteiger partial charge in [-0.2, -0.15) is 5.26 Å². The molecule has 0 bridgehead atoms. The minimum atomic E-state index is -0.337. The second-order valence-electron chi connectivity index (χ2n) is 6.55. The summed E-state index contributed by atoms with van der Waals surface area (Å²) in [6, 6.07) is 2.45. The van der Waals surface area contributed by atoms with Gasteiger partial charge in [-0.25, -0.2) is 0 Å². The van der Waals surface area contributed by atoms with E-state index in [1.807, 2.05) is 6.92 Å². The molecule has 1 aliphatic rings. The molecule has 0 aromatic carbocycles. The summed E-state index contributed by atoms with van der Waals surface area (Å²) in [5.41, 5.74) is -0.337. The molecule has 0 aliphatic carbocycles. The van der Waals surface area contributed by atoms with Crippen LogP contribution in [0.25, 0.3) is 0 Å². The molecule has 1 fully saturated rings. The van der Waals surface area contributed by atoms with Crippen LogP contribution in [-0.4, -0.2) is 36.6 Å². The van der Waals surface area contributed by atoms with Crippen LogP contribution in [0.1, 0.15) is 65.7 Å². The SMILES string of the molecule is CCCNC(C)(C#N)CCCN1CCC(CCC)CC1. The normalized spacial score (nSPS) is 20.5. The van der Waals surface area contributed by atoms with Gasteiger partial charge in [-0.15, -0.1) is 0 Å². The Morgan fingerprint density at radius 2 is 1.95 bits per heavy atom. The van der Waals surface area contributed by atoms with E-state index < -0.39 is 0 Å². The molecule has 1 rings (SSSR count). The zero-order valence-electron chi connectivity index (χ0n) is 13.7. The Balaban J connectivity index is 2.19. The van der Waals surface area contributed by atoms with Crippen LogP contribution in [0.3, 0.4) is 0 Å². The highest BCUT2D eigenvalue weighted by Gasteiger charge is 2.23. The molecule has 0 spiro atoms. The fraction of sp³-hybridized carbons (Fsp3) is 0.941. The summed E-state index contributed by atoms with van der Waals surface area (Å²) in [7, 11) is 0. The molecular formula is C17H33N3. The maximum atomic E-state index is 9.32. The van der Waals surface area contributed by atoms with Crippen LogP contribution in [0.2, 0.25) is 0 Å². The van der Waals surface area contributed by atoms with Crippen LogP contribution < -0.4 is 5.32 Å². The second kappa shape index (κ2) is 9.37. The zero-order chi connectivity index (χ0) is 14.8. The van der Waals surface area contributed by atoms with E-state index in [0.29, 0.717) is 0 Å². The van der Waals surface area contributed by atoms with Crippen molar-refractivity contribution in [2.45, 2.75) is 71.3 Å². The summed E-state index contributed by atoms with van der Waals surface area (Å²) in [5, 5.41) is 12.7. The van der Waals surface area contributed by atoms with E-state index in [1.54, 1.807) is 0 Å². The highest BCUT2D eigenvalue weighted by atomic mass is 15.1. The van der Waals surface area contributed by atoms with Gasteiger partial charge in [0.25, 0.3) is 0 Å². The molecule has 0 amide bonds. The molecule has 1 saturated heterocycles. The molecule has 0 aromatic rings. The number of hydrogen-bond donors (Lipinski definition) is 1. The zero-order valence-corrected chi connectivity index (χ0v) is 13.7. The van der Waals surface area contributed by atoms with Crippen molar-refractivity contribution in [1.29, 1.82) is 5.26 Å². The van der Waals surface area contributed by atoms with E-state index >= 15 is 0 Å². The number of nitriles is 1. The third-order valence-corrected chi connectivity index (χ3v) is 4.57. The van der Waals surface area contributed by atoms with Crippen LogP contribution in [0, 0.1) is 17.2 Å². The van der Waals surface area contributed by atoms with Gasteiger partial charge in [-0.3, -0.25) is 5.32 Å². The monoisotopic (exact) mass is 279 g/mol. The molecule has 1 heterocycles. The van der Waals surface area contributed by atoms with Crippen molar-refractivity contribution in [3.8, 4) is 6.07 Å². The largest absolute Gasteiger partial charge is 0.303 e. The quantitative estimate of drug-likeness (QED) is 0.701. The van der Waals surface area contributed by atoms with Crippen LogP contribution in [0.5, 0.6) is 0 Å². The maximum Gasteiger partial charge on any atom is 0.103 e. The molecular weight excluding hydrogens is 246 g/mol. The summed E-state index contributed by atoms with van der Waals surface area (Å²) in [6.07, 6.45) is 8.64. The lowest BCUT2D eigenvalue weighted by atomic mass is 9.92. The molecule has 3 nitrogen and oxygen atoms in total. The predicted molar refractivity (Wildman–Crippen MR) is 85.6 cm³/mol. The average molecular weight is 279 g/mol. The Labute approximate surface area is 125 Å². The van der Waals surface area contributed by atoms with Gasteiger partial charge in [0.15, 0.2) is 0 Å². The number of likely N-dealkylation sites (tertiary alicyclic amines) is 1. The summed E-state index contributed by atoms with van der Waals surface area (Å²) in [6.45, 7) is 11.1. The smallest absolute Gasteiger partial charge is 0.103 e. The van der Waals surface area contributed by atoms with Gasteiger partial charge in [0.05, 0.1) is 6.07 Å². The number of rotatable bonds is 9. The third kappa shape index (κ3) is 6.24. The predicted octanol–water partition coefficient (Wildman–Crippen LogP) is 3.56. The first kappa shape index (κ1) is 17.5. The number of hydrogen-bond acceptors (Lipinski definition) is 3. The number of nitrogens with one attached hydrogen (secondary N) is 1. The van der Waals surface area contributed by atoms with Crippen LogP contribution >= 0.6 is 0 Å². The molecule has 0 aromatic heterocycles. The minimum absolute atomic E-state index is 0.337. The highest BCUT2D eigenvalue weighted by Crippen LogP contribution is 2.22. The van der Waals surface area contributed by atoms with E-state index in [0.717, 1.165) is 38.3 Å². The Kier molecular flexibility index (Phi) is 8.18. The summed E-state index contributed by atoms with van der Waals surface area (Å²) >= 11 is 0. The lowest BCUT2D eigenvalue weighted by molar-refractivity contribution is 0.172. The van der Waals surface area contributed by atoms with Gasteiger partial charge in [-0.05, 0) is 71.1 Å². The van der Waals surface area contributed by atoms with Crippen molar-refractivity contribution in [3.63, 3.8) is 0 Å². The molecule has 0 radical (unpaired) electrons.